The van der Waals surface area contributed by atoms with Crippen LogP contribution in [0.3, 0.4) is 0 Å². The number of ether oxygens (including phenoxy) is 1. The highest BCUT2D eigenvalue weighted by Crippen LogP contribution is 2.41. The van der Waals surface area contributed by atoms with Crippen molar-refractivity contribution in [1.82, 2.24) is 0 Å². The molecule has 0 aliphatic heterocycles. The van der Waals surface area contributed by atoms with E-state index < -0.39 is 0 Å². The molecular weight excluding hydrogens is 224 g/mol. The molecule has 1 aliphatic carbocycles. The largest absolute Gasteiger partial charge is 0.370 e. The summed E-state index contributed by atoms with van der Waals surface area (Å²) < 4.78 is 5.78. The van der Waals surface area contributed by atoms with Crippen LogP contribution in [-0.2, 0) is 9.53 Å². The second kappa shape index (κ2) is 6.14. The van der Waals surface area contributed by atoms with Gasteiger partial charge < -0.3 is 4.74 Å². The number of carbonyl (C=O) groups is 1. The second-order valence-electron chi connectivity index (χ2n) is 5.57. The summed E-state index contributed by atoms with van der Waals surface area (Å²) in [6.07, 6.45) is 7.64. The molecule has 0 radical (unpaired) electrons. The standard InChI is InChI=1S/C16H24O2/c1-6-11-18-15-9-10-16(4,5)14(13(15)3)8-7-12(2)17/h6-8,15H,1,9-11H2,2-5H3/b8-7+. The Morgan fingerprint density at radius 3 is 2.78 bits per heavy atom. The van der Waals surface area contributed by atoms with Gasteiger partial charge in [-0.3, -0.25) is 4.79 Å². The third-order valence-electron chi connectivity index (χ3n) is 3.57. The minimum atomic E-state index is 0.0835. The average Bonchev–Trinajstić information content (AvgIpc) is 2.27. The van der Waals surface area contributed by atoms with Crippen molar-refractivity contribution in [2.24, 2.45) is 5.41 Å². The molecule has 18 heavy (non-hydrogen) atoms. The highest BCUT2D eigenvalue weighted by atomic mass is 16.5. The predicted octanol–water partition coefficient (Wildman–Crippen LogP) is 3.84. The molecule has 1 rings (SSSR count). The number of allylic oxidation sites excluding steroid dienone is 3. The predicted molar refractivity (Wildman–Crippen MR) is 75.5 cm³/mol. The Bertz CT molecular complexity index is 386. The SMILES string of the molecule is C=CCOC1CCC(C)(C)C(/C=C/C(C)=O)=C1C. The second-order valence-corrected chi connectivity index (χ2v) is 5.57. The number of rotatable bonds is 5. The van der Waals surface area contributed by atoms with Gasteiger partial charge in [0.1, 0.15) is 0 Å². The zero-order valence-corrected chi connectivity index (χ0v) is 12.0. The molecule has 0 aromatic rings. The van der Waals surface area contributed by atoms with Crippen LogP contribution in [0.5, 0.6) is 0 Å². The van der Waals surface area contributed by atoms with Crippen molar-refractivity contribution >= 4 is 5.78 Å². The molecule has 2 nitrogen and oxygen atoms in total. The smallest absolute Gasteiger partial charge is 0.152 e. The summed E-state index contributed by atoms with van der Waals surface area (Å²) in [5.41, 5.74) is 2.59. The molecule has 0 amide bonds. The highest BCUT2D eigenvalue weighted by molar-refractivity contribution is 5.87. The minimum absolute atomic E-state index is 0.0835. The zero-order chi connectivity index (χ0) is 13.8. The summed E-state index contributed by atoms with van der Waals surface area (Å²) in [7, 11) is 0. The maximum atomic E-state index is 11.1. The Kier molecular flexibility index (Phi) is 5.09. The quantitative estimate of drug-likeness (QED) is 0.546. The topological polar surface area (TPSA) is 26.3 Å². The van der Waals surface area contributed by atoms with Crippen LogP contribution in [0.25, 0.3) is 0 Å². The molecule has 2 heteroatoms. The molecule has 1 aliphatic rings. The van der Waals surface area contributed by atoms with Gasteiger partial charge in [-0.05, 0) is 49.3 Å². The monoisotopic (exact) mass is 248 g/mol. The van der Waals surface area contributed by atoms with Crippen LogP contribution in [0.4, 0.5) is 0 Å². The van der Waals surface area contributed by atoms with Crippen LogP contribution in [0.2, 0.25) is 0 Å². The summed E-state index contributed by atoms with van der Waals surface area (Å²) in [5, 5.41) is 0. The first-order valence-electron chi connectivity index (χ1n) is 6.51. The lowest BCUT2D eigenvalue weighted by Gasteiger charge is -2.37. The van der Waals surface area contributed by atoms with E-state index in [1.165, 1.54) is 11.1 Å². The molecule has 0 heterocycles. The van der Waals surface area contributed by atoms with Crippen molar-refractivity contribution in [2.45, 2.75) is 46.6 Å². The van der Waals surface area contributed by atoms with E-state index >= 15 is 0 Å². The zero-order valence-electron chi connectivity index (χ0n) is 12.0. The Morgan fingerprint density at radius 2 is 2.22 bits per heavy atom. The minimum Gasteiger partial charge on any atom is -0.370 e. The number of carbonyl (C=O) groups excluding carboxylic acids is 1. The molecule has 1 unspecified atom stereocenters. The number of hydrogen-bond donors (Lipinski definition) is 0. The lowest BCUT2D eigenvalue weighted by Crippen LogP contribution is -2.29. The molecule has 0 fully saturated rings. The lowest BCUT2D eigenvalue weighted by atomic mass is 9.71. The fourth-order valence-corrected chi connectivity index (χ4v) is 2.50. The van der Waals surface area contributed by atoms with Gasteiger partial charge in [-0.25, -0.2) is 0 Å². The number of ketones is 1. The number of hydrogen-bond acceptors (Lipinski definition) is 2. The third-order valence-corrected chi connectivity index (χ3v) is 3.57. The van der Waals surface area contributed by atoms with Gasteiger partial charge in [0.05, 0.1) is 12.7 Å². The fourth-order valence-electron chi connectivity index (χ4n) is 2.50. The summed E-state index contributed by atoms with van der Waals surface area (Å²) in [5.74, 6) is 0.0835. The van der Waals surface area contributed by atoms with Gasteiger partial charge in [-0.2, -0.15) is 0 Å². The van der Waals surface area contributed by atoms with E-state index in [2.05, 4.69) is 27.4 Å². The summed E-state index contributed by atoms with van der Waals surface area (Å²) in [4.78, 5) is 11.1. The lowest BCUT2D eigenvalue weighted by molar-refractivity contribution is -0.112. The molecule has 1 atom stereocenters. The van der Waals surface area contributed by atoms with Crippen molar-refractivity contribution in [2.75, 3.05) is 6.61 Å². The first kappa shape index (κ1) is 14.9. The Labute approximate surface area is 110 Å². The molecule has 0 spiro atoms. The van der Waals surface area contributed by atoms with E-state index in [4.69, 9.17) is 4.74 Å². The molecule has 0 aromatic carbocycles. The summed E-state index contributed by atoms with van der Waals surface area (Å²) >= 11 is 0. The van der Waals surface area contributed by atoms with Crippen LogP contribution in [0.1, 0.15) is 40.5 Å². The van der Waals surface area contributed by atoms with Gasteiger partial charge >= 0.3 is 0 Å². The summed E-state index contributed by atoms with van der Waals surface area (Å²) in [6, 6.07) is 0. The molecular formula is C16H24O2. The summed E-state index contributed by atoms with van der Waals surface area (Å²) in [6.45, 7) is 12.4. The van der Waals surface area contributed by atoms with Gasteiger partial charge in [0.25, 0.3) is 0 Å². The van der Waals surface area contributed by atoms with Gasteiger partial charge in [-0.15, -0.1) is 6.58 Å². The first-order valence-corrected chi connectivity index (χ1v) is 6.51. The fraction of sp³-hybridized carbons (Fsp3) is 0.562. The van der Waals surface area contributed by atoms with E-state index in [1.807, 2.05) is 6.08 Å². The first-order chi connectivity index (χ1) is 8.38. The van der Waals surface area contributed by atoms with E-state index in [9.17, 15) is 4.79 Å². The molecule has 100 valence electrons. The van der Waals surface area contributed by atoms with Crippen molar-refractivity contribution in [3.63, 3.8) is 0 Å². The Hall–Kier alpha value is -1.15. The van der Waals surface area contributed by atoms with Crippen molar-refractivity contribution in [3.05, 3.63) is 36.0 Å². The Balaban J connectivity index is 3.01. The average molecular weight is 248 g/mol. The highest BCUT2D eigenvalue weighted by Gasteiger charge is 2.32. The molecule has 0 bridgehead atoms. The maximum Gasteiger partial charge on any atom is 0.152 e. The van der Waals surface area contributed by atoms with Crippen LogP contribution in [0.15, 0.2) is 36.0 Å². The third kappa shape index (κ3) is 3.67. The van der Waals surface area contributed by atoms with E-state index in [0.29, 0.717) is 6.61 Å². The van der Waals surface area contributed by atoms with Crippen molar-refractivity contribution in [1.29, 1.82) is 0 Å². The van der Waals surface area contributed by atoms with Gasteiger partial charge in [0, 0.05) is 0 Å². The molecule has 0 N–H and O–H groups in total. The van der Waals surface area contributed by atoms with Crippen LogP contribution < -0.4 is 0 Å². The molecule has 0 aromatic heterocycles. The van der Waals surface area contributed by atoms with Crippen LogP contribution in [-0.4, -0.2) is 18.5 Å². The molecule has 0 saturated carbocycles. The van der Waals surface area contributed by atoms with Crippen LogP contribution >= 0.6 is 0 Å². The molecule has 0 saturated heterocycles. The maximum absolute atomic E-state index is 11.1. The van der Waals surface area contributed by atoms with Gasteiger partial charge in [-0.1, -0.05) is 26.0 Å². The van der Waals surface area contributed by atoms with E-state index in [0.717, 1.165) is 12.8 Å². The van der Waals surface area contributed by atoms with Crippen molar-refractivity contribution < 1.29 is 9.53 Å². The van der Waals surface area contributed by atoms with Gasteiger partial charge in [0.15, 0.2) is 5.78 Å². The van der Waals surface area contributed by atoms with Crippen LogP contribution in [0, 0.1) is 5.41 Å². The Morgan fingerprint density at radius 1 is 1.56 bits per heavy atom. The van der Waals surface area contributed by atoms with Crippen molar-refractivity contribution in [3.8, 4) is 0 Å². The van der Waals surface area contributed by atoms with E-state index in [1.54, 1.807) is 19.1 Å². The van der Waals surface area contributed by atoms with E-state index in [-0.39, 0.29) is 17.3 Å². The van der Waals surface area contributed by atoms with Gasteiger partial charge in [0.2, 0.25) is 0 Å². The normalized spacial score (nSPS) is 23.4.